The summed E-state index contributed by atoms with van der Waals surface area (Å²) < 4.78 is 7.20. The van der Waals surface area contributed by atoms with Crippen LogP contribution in [0.2, 0.25) is 0 Å². The van der Waals surface area contributed by atoms with Crippen LogP contribution < -0.4 is 0 Å². The standard InChI is InChI=1S/C18H13N5OS/c1-2-6-12(7-3-1)10-16-19-20-18-23(16)21-17(25-18)11-14-13-8-4-5-9-15(13)24-22-14/h1-9H,10-11H2. The van der Waals surface area contributed by atoms with E-state index in [0.29, 0.717) is 12.8 Å². The molecular weight excluding hydrogens is 334 g/mol. The van der Waals surface area contributed by atoms with Gasteiger partial charge in [0.2, 0.25) is 4.96 Å². The van der Waals surface area contributed by atoms with E-state index in [1.807, 2.05) is 47.0 Å². The SMILES string of the molecule is c1ccc(Cc2nnc3sc(Cc4noc5ccccc45)nn23)cc1. The molecule has 0 aliphatic rings. The Hall–Kier alpha value is -3.06. The van der Waals surface area contributed by atoms with E-state index in [0.717, 1.165) is 32.5 Å². The monoisotopic (exact) mass is 347 g/mol. The van der Waals surface area contributed by atoms with Crippen molar-refractivity contribution in [2.45, 2.75) is 12.8 Å². The zero-order valence-corrected chi connectivity index (χ0v) is 14.0. The fourth-order valence-electron chi connectivity index (χ4n) is 2.87. The first-order chi connectivity index (χ1) is 12.4. The molecule has 0 atom stereocenters. The topological polar surface area (TPSA) is 69.1 Å². The van der Waals surface area contributed by atoms with Gasteiger partial charge >= 0.3 is 0 Å². The molecule has 7 heteroatoms. The van der Waals surface area contributed by atoms with Crippen molar-refractivity contribution < 1.29 is 4.52 Å². The zero-order valence-electron chi connectivity index (χ0n) is 13.2. The van der Waals surface area contributed by atoms with Gasteiger partial charge in [0, 0.05) is 18.2 Å². The zero-order chi connectivity index (χ0) is 16.6. The van der Waals surface area contributed by atoms with Gasteiger partial charge in [0.15, 0.2) is 11.4 Å². The van der Waals surface area contributed by atoms with Gasteiger partial charge in [0.05, 0.1) is 5.69 Å². The molecule has 6 nitrogen and oxygen atoms in total. The summed E-state index contributed by atoms with van der Waals surface area (Å²) in [4.78, 5) is 0.800. The number of hydrogen-bond donors (Lipinski definition) is 0. The highest BCUT2D eigenvalue weighted by atomic mass is 32.1. The summed E-state index contributed by atoms with van der Waals surface area (Å²) in [7, 11) is 0. The van der Waals surface area contributed by atoms with Gasteiger partial charge < -0.3 is 4.52 Å². The summed E-state index contributed by atoms with van der Waals surface area (Å²) >= 11 is 1.53. The number of rotatable bonds is 4. The molecule has 5 aromatic rings. The molecule has 0 saturated carbocycles. The van der Waals surface area contributed by atoms with Crippen molar-refractivity contribution >= 4 is 27.3 Å². The molecule has 122 valence electrons. The Kier molecular flexibility index (Phi) is 3.31. The maximum atomic E-state index is 5.37. The van der Waals surface area contributed by atoms with Gasteiger partial charge in [-0.2, -0.15) is 9.61 Å². The Balaban J connectivity index is 1.47. The number of nitrogens with zero attached hydrogens (tertiary/aromatic N) is 5. The molecule has 5 rings (SSSR count). The minimum absolute atomic E-state index is 0.621. The van der Waals surface area contributed by atoms with E-state index in [2.05, 4.69) is 32.6 Å². The quantitative estimate of drug-likeness (QED) is 0.498. The fraction of sp³-hybridized carbons (Fsp3) is 0.111. The molecule has 0 aliphatic heterocycles. The van der Waals surface area contributed by atoms with Gasteiger partial charge in [-0.3, -0.25) is 0 Å². The lowest BCUT2D eigenvalue weighted by Gasteiger charge is -1.97. The highest BCUT2D eigenvalue weighted by Crippen LogP contribution is 2.23. The second-order valence-electron chi connectivity index (χ2n) is 5.77. The molecule has 0 bridgehead atoms. The van der Waals surface area contributed by atoms with Crippen molar-refractivity contribution in [1.29, 1.82) is 0 Å². The maximum absolute atomic E-state index is 5.37. The average Bonchev–Trinajstić information content (AvgIpc) is 3.33. The molecule has 0 aliphatic carbocycles. The van der Waals surface area contributed by atoms with Crippen molar-refractivity contribution in [3.05, 3.63) is 76.7 Å². The van der Waals surface area contributed by atoms with Crippen LogP contribution >= 0.6 is 11.3 Å². The lowest BCUT2D eigenvalue weighted by molar-refractivity contribution is 0.448. The molecule has 0 fully saturated rings. The molecule has 0 saturated heterocycles. The van der Waals surface area contributed by atoms with Crippen molar-refractivity contribution in [3.8, 4) is 0 Å². The number of fused-ring (bicyclic) bond motifs is 2. The third-order valence-corrected chi connectivity index (χ3v) is 4.97. The highest BCUT2D eigenvalue weighted by Gasteiger charge is 2.15. The first kappa shape index (κ1) is 14.3. The number of aromatic nitrogens is 5. The molecule has 0 spiro atoms. The minimum atomic E-state index is 0.621. The predicted molar refractivity (Wildman–Crippen MR) is 94.7 cm³/mol. The number of benzene rings is 2. The van der Waals surface area contributed by atoms with E-state index in [4.69, 9.17) is 4.52 Å². The van der Waals surface area contributed by atoms with Crippen LogP contribution in [0.25, 0.3) is 15.9 Å². The minimum Gasteiger partial charge on any atom is -0.356 e. The lowest BCUT2D eigenvalue weighted by Crippen LogP contribution is -1.98. The Labute approximate surface area is 146 Å². The summed E-state index contributed by atoms with van der Waals surface area (Å²) in [6, 6.07) is 18.1. The van der Waals surface area contributed by atoms with Crippen molar-refractivity contribution in [1.82, 2.24) is 25.0 Å². The van der Waals surface area contributed by atoms with E-state index < -0.39 is 0 Å². The Morgan fingerprint density at radius 2 is 1.76 bits per heavy atom. The summed E-state index contributed by atoms with van der Waals surface area (Å²) in [5.41, 5.74) is 2.88. The third-order valence-electron chi connectivity index (χ3n) is 4.07. The van der Waals surface area contributed by atoms with Gasteiger partial charge in [0.25, 0.3) is 0 Å². The normalized spacial score (nSPS) is 11.5. The largest absolute Gasteiger partial charge is 0.356 e. The van der Waals surface area contributed by atoms with Crippen LogP contribution in [0.4, 0.5) is 0 Å². The molecule has 0 unspecified atom stereocenters. The summed E-state index contributed by atoms with van der Waals surface area (Å²) in [5, 5.41) is 19.3. The van der Waals surface area contributed by atoms with E-state index in [1.165, 1.54) is 16.9 Å². The Morgan fingerprint density at radius 1 is 0.920 bits per heavy atom. The second kappa shape index (κ2) is 5.78. The number of hydrogen-bond acceptors (Lipinski definition) is 6. The highest BCUT2D eigenvalue weighted by molar-refractivity contribution is 7.16. The summed E-state index contributed by atoms with van der Waals surface area (Å²) in [5.74, 6) is 0.841. The van der Waals surface area contributed by atoms with Crippen LogP contribution in [0.3, 0.4) is 0 Å². The van der Waals surface area contributed by atoms with Crippen LogP contribution in [0, 0.1) is 0 Å². The van der Waals surface area contributed by atoms with E-state index >= 15 is 0 Å². The smallest absolute Gasteiger partial charge is 0.234 e. The van der Waals surface area contributed by atoms with E-state index in [-0.39, 0.29) is 0 Å². The molecule has 0 N–H and O–H groups in total. The van der Waals surface area contributed by atoms with Crippen LogP contribution in [0.1, 0.15) is 22.1 Å². The van der Waals surface area contributed by atoms with Crippen LogP contribution in [0.15, 0.2) is 59.1 Å². The van der Waals surface area contributed by atoms with E-state index in [1.54, 1.807) is 0 Å². The maximum Gasteiger partial charge on any atom is 0.234 e. The predicted octanol–water partition coefficient (Wildman–Crippen LogP) is 3.51. The van der Waals surface area contributed by atoms with Crippen molar-refractivity contribution in [2.24, 2.45) is 0 Å². The van der Waals surface area contributed by atoms with Gasteiger partial charge in [-0.1, -0.05) is 59.0 Å². The van der Waals surface area contributed by atoms with Crippen LogP contribution in [-0.2, 0) is 12.8 Å². The van der Waals surface area contributed by atoms with Crippen LogP contribution in [0.5, 0.6) is 0 Å². The first-order valence-corrected chi connectivity index (χ1v) is 8.76. The van der Waals surface area contributed by atoms with Crippen molar-refractivity contribution in [3.63, 3.8) is 0 Å². The van der Waals surface area contributed by atoms with E-state index in [9.17, 15) is 0 Å². The van der Waals surface area contributed by atoms with Gasteiger partial charge in [-0.25, -0.2) is 0 Å². The Bertz CT molecular complexity index is 1160. The average molecular weight is 347 g/mol. The molecule has 2 aromatic carbocycles. The van der Waals surface area contributed by atoms with Gasteiger partial charge in [-0.15, -0.1) is 10.2 Å². The molecule has 0 amide bonds. The molecule has 3 aromatic heterocycles. The third kappa shape index (κ3) is 2.58. The van der Waals surface area contributed by atoms with Crippen molar-refractivity contribution in [2.75, 3.05) is 0 Å². The van der Waals surface area contributed by atoms with Gasteiger partial charge in [0.1, 0.15) is 5.01 Å². The molecular formula is C18H13N5OS. The summed E-state index contributed by atoms with van der Waals surface area (Å²) in [6.07, 6.45) is 1.33. The molecule has 3 heterocycles. The fourth-order valence-corrected chi connectivity index (χ4v) is 3.72. The second-order valence-corrected chi connectivity index (χ2v) is 6.81. The Morgan fingerprint density at radius 3 is 2.68 bits per heavy atom. The lowest BCUT2D eigenvalue weighted by atomic mass is 10.1. The van der Waals surface area contributed by atoms with Crippen LogP contribution in [-0.4, -0.2) is 25.0 Å². The first-order valence-electron chi connectivity index (χ1n) is 7.94. The number of para-hydroxylation sites is 1. The van der Waals surface area contributed by atoms with Gasteiger partial charge in [-0.05, 0) is 17.7 Å². The molecule has 25 heavy (non-hydrogen) atoms. The summed E-state index contributed by atoms with van der Waals surface area (Å²) in [6.45, 7) is 0. The molecule has 0 radical (unpaired) electrons.